The lowest BCUT2D eigenvalue weighted by Crippen LogP contribution is -2.09. The van der Waals surface area contributed by atoms with Gasteiger partial charge in [0, 0.05) is 0 Å². The molecule has 4 heteroatoms. The van der Waals surface area contributed by atoms with Gasteiger partial charge in [-0.15, -0.1) is 0 Å². The van der Waals surface area contributed by atoms with Gasteiger partial charge >= 0.3 is 5.97 Å². The van der Waals surface area contributed by atoms with Crippen molar-refractivity contribution in [3.63, 3.8) is 0 Å². The van der Waals surface area contributed by atoms with Gasteiger partial charge in [0.25, 0.3) is 0 Å². The van der Waals surface area contributed by atoms with E-state index >= 15 is 0 Å². The second-order valence-corrected chi connectivity index (χ2v) is 3.51. The van der Waals surface area contributed by atoms with Crippen molar-refractivity contribution in [2.75, 3.05) is 0 Å². The number of carbonyl (C=O) groups is 1. The molecule has 0 radical (unpaired) electrons. The summed E-state index contributed by atoms with van der Waals surface area (Å²) in [5.74, 6) is -0.892. The van der Waals surface area contributed by atoms with Gasteiger partial charge in [-0.3, -0.25) is 0 Å². The summed E-state index contributed by atoms with van der Waals surface area (Å²) in [6.07, 6.45) is 0. The minimum Gasteiger partial charge on any atom is -0.423 e. The summed E-state index contributed by atoms with van der Waals surface area (Å²) in [5.41, 5.74) is -0.0469. The molecule has 2 aromatic carbocycles. The summed E-state index contributed by atoms with van der Waals surface area (Å²) in [7, 11) is 0. The molecule has 0 aliphatic heterocycles. The number of esters is 1. The van der Waals surface area contributed by atoms with E-state index in [-0.39, 0.29) is 11.1 Å². The van der Waals surface area contributed by atoms with Crippen LogP contribution in [0.15, 0.2) is 48.5 Å². The van der Waals surface area contributed by atoms with Crippen molar-refractivity contribution in [2.24, 2.45) is 0 Å². The molecule has 0 saturated heterocycles. The van der Waals surface area contributed by atoms with Crippen LogP contribution in [0.2, 0.25) is 0 Å². The number of nitriles is 1. The highest BCUT2D eigenvalue weighted by atomic mass is 19.1. The average molecular weight is 241 g/mol. The van der Waals surface area contributed by atoms with Crippen LogP contribution < -0.4 is 4.74 Å². The van der Waals surface area contributed by atoms with Crippen LogP contribution in [0.25, 0.3) is 0 Å². The van der Waals surface area contributed by atoms with Crippen LogP contribution in [0, 0.1) is 17.1 Å². The Morgan fingerprint density at radius 1 is 1.17 bits per heavy atom. The first-order valence-corrected chi connectivity index (χ1v) is 5.17. The summed E-state index contributed by atoms with van der Waals surface area (Å²) in [6.45, 7) is 0. The van der Waals surface area contributed by atoms with Gasteiger partial charge in [-0.1, -0.05) is 18.2 Å². The Bertz CT molecular complexity index is 617. The van der Waals surface area contributed by atoms with Crippen LogP contribution in [0.3, 0.4) is 0 Å². The minimum absolute atomic E-state index is 0.136. The predicted octanol–water partition coefficient (Wildman–Crippen LogP) is 2.92. The van der Waals surface area contributed by atoms with E-state index in [9.17, 15) is 9.18 Å². The molecule has 0 N–H and O–H groups in total. The van der Waals surface area contributed by atoms with E-state index in [2.05, 4.69) is 0 Å². The van der Waals surface area contributed by atoms with E-state index in [1.54, 1.807) is 36.4 Å². The van der Waals surface area contributed by atoms with Crippen molar-refractivity contribution in [3.8, 4) is 11.8 Å². The number of hydrogen-bond acceptors (Lipinski definition) is 3. The lowest BCUT2D eigenvalue weighted by molar-refractivity contribution is 0.0734. The van der Waals surface area contributed by atoms with E-state index < -0.39 is 11.8 Å². The third-order valence-electron chi connectivity index (χ3n) is 2.28. The molecule has 0 aliphatic rings. The van der Waals surface area contributed by atoms with Crippen LogP contribution >= 0.6 is 0 Å². The lowest BCUT2D eigenvalue weighted by Gasteiger charge is -2.04. The molecule has 0 spiro atoms. The van der Waals surface area contributed by atoms with Gasteiger partial charge in [0.1, 0.15) is 17.6 Å². The van der Waals surface area contributed by atoms with E-state index in [1.807, 2.05) is 0 Å². The monoisotopic (exact) mass is 241 g/mol. The number of carbonyl (C=O) groups excluding carboxylic acids is 1. The summed E-state index contributed by atoms with van der Waals surface area (Å²) >= 11 is 0. The number of halogens is 1. The zero-order valence-corrected chi connectivity index (χ0v) is 9.26. The highest BCUT2D eigenvalue weighted by Gasteiger charge is 2.11. The predicted molar refractivity (Wildman–Crippen MR) is 62.5 cm³/mol. The van der Waals surface area contributed by atoms with E-state index in [0.29, 0.717) is 5.75 Å². The van der Waals surface area contributed by atoms with Crippen LogP contribution in [0.1, 0.15) is 15.9 Å². The smallest absolute Gasteiger partial charge is 0.343 e. The van der Waals surface area contributed by atoms with Crippen molar-refractivity contribution in [1.82, 2.24) is 0 Å². The Kier molecular flexibility index (Phi) is 3.35. The molecule has 18 heavy (non-hydrogen) atoms. The lowest BCUT2D eigenvalue weighted by atomic mass is 10.1. The van der Waals surface area contributed by atoms with E-state index in [4.69, 9.17) is 10.00 Å². The molecule has 0 aromatic heterocycles. The molecule has 0 unspecified atom stereocenters. The van der Waals surface area contributed by atoms with Gasteiger partial charge in [0.15, 0.2) is 0 Å². The normalized spacial score (nSPS) is 9.56. The van der Waals surface area contributed by atoms with Gasteiger partial charge in [-0.2, -0.15) is 5.26 Å². The van der Waals surface area contributed by atoms with Gasteiger partial charge in [0.05, 0.1) is 11.1 Å². The third kappa shape index (κ3) is 2.53. The number of rotatable bonds is 2. The first-order valence-electron chi connectivity index (χ1n) is 5.17. The molecule has 2 aromatic rings. The van der Waals surface area contributed by atoms with Gasteiger partial charge in [0.2, 0.25) is 0 Å². The fourth-order valence-corrected chi connectivity index (χ4v) is 1.39. The number of benzene rings is 2. The average Bonchev–Trinajstić information content (AvgIpc) is 2.40. The molecular weight excluding hydrogens is 233 g/mol. The van der Waals surface area contributed by atoms with Crippen LogP contribution in [0.4, 0.5) is 4.39 Å². The fraction of sp³-hybridized carbons (Fsp3) is 0. The standard InChI is InChI=1S/C14H8FNO2/c15-13-7-6-10(8-11(13)9-16)14(17)18-12-4-2-1-3-5-12/h1-8H. The van der Waals surface area contributed by atoms with Crippen molar-refractivity contribution < 1.29 is 13.9 Å². The Morgan fingerprint density at radius 3 is 2.56 bits per heavy atom. The van der Waals surface area contributed by atoms with Crippen molar-refractivity contribution in [1.29, 1.82) is 5.26 Å². The van der Waals surface area contributed by atoms with Gasteiger partial charge < -0.3 is 4.74 Å². The quantitative estimate of drug-likeness (QED) is 0.600. The fourth-order valence-electron chi connectivity index (χ4n) is 1.39. The Hall–Kier alpha value is -2.67. The maximum atomic E-state index is 13.1. The van der Waals surface area contributed by atoms with Gasteiger partial charge in [-0.05, 0) is 30.3 Å². The molecule has 88 valence electrons. The second kappa shape index (κ2) is 5.11. The topological polar surface area (TPSA) is 50.1 Å². The number of nitrogens with zero attached hydrogens (tertiary/aromatic N) is 1. The van der Waals surface area contributed by atoms with Crippen LogP contribution in [-0.4, -0.2) is 5.97 Å². The number of hydrogen-bond donors (Lipinski definition) is 0. The molecule has 0 heterocycles. The molecule has 2 rings (SSSR count). The van der Waals surface area contributed by atoms with Crippen molar-refractivity contribution in [3.05, 3.63) is 65.5 Å². The van der Waals surface area contributed by atoms with Crippen molar-refractivity contribution in [2.45, 2.75) is 0 Å². The Labute approximate surface area is 103 Å². The SMILES string of the molecule is N#Cc1cc(C(=O)Oc2ccccc2)ccc1F. The molecule has 0 saturated carbocycles. The molecule has 0 atom stereocenters. The van der Waals surface area contributed by atoms with Crippen LogP contribution in [0.5, 0.6) is 5.75 Å². The number of ether oxygens (including phenoxy) is 1. The van der Waals surface area contributed by atoms with Gasteiger partial charge in [-0.25, -0.2) is 9.18 Å². The summed E-state index contributed by atoms with van der Waals surface area (Å²) < 4.78 is 18.2. The molecule has 0 fully saturated rings. The first-order chi connectivity index (χ1) is 8.70. The molecule has 0 bridgehead atoms. The zero-order valence-electron chi connectivity index (χ0n) is 9.26. The molecule has 0 aliphatic carbocycles. The highest BCUT2D eigenvalue weighted by molar-refractivity contribution is 5.91. The Morgan fingerprint density at radius 2 is 1.89 bits per heavy atom. The van der Waals surface area contributed by atoms with Crippen molar-refractivity contribution >= 4 is 5.97 Å². The Balaban J connectivity index is 2.22. The summed E-state index contributed by atoms with van der Waals surface area (Å²) in [5, 5.41) is 8.67. The summed E-state index contributed by atoms with van der Waals surface area (Å²) in [6, 6.07) is 13.7. The zero-order chi connectivity index (χ0) is 13.0. The number of para-hydroxylation sites is 1. The highest BCUT2D eigenvalue weighted by Crippen LogP contribution is 2.14. The third-order valence-corrected chi connectivity index (χ3v) is 2.28. The second-order valence-electron chi connectivity index (χ2n) is 3.51. The maximum absolute atomic E-state index is 13.1. The first kappa shape index (κ1) is 11.8. The minimum atomic E-state index is -0.659. The van der Waals surface area contributed by atoms with E-state index in [0.717, 1.165) is 6.07 Å². The largest absolute Gasteiger partial charge is 0.423 e. The maximum Gasteiger partial charge on any atom is 0.343 e. The van der Waals surface area contributed by atoms with Crippen LogP contribution in [-0.2, 0) is 0 Å². The molecule has 0 amide bonds. The molecule has 3 nitrogen and oxygen atoms in total. The molecular formula is C14H8FNO2. The summed E-state index contributed by atoms with van der Waals surface area (Å²) in [4.78, 5) is 11.7. The van der Waals surface area contributed by atoms with E-state index in [1.165, 1.54) is 12.1 Å².